The van der Waals surface area contributed by atoms with E-state index in [2.05, 4.69) is 61.5 Å². The highest BCUT2D eigenvalue weighted by Gasteiger charge is 1.97. The van der Waals surface area contributed by atoms with Crippen LogP contribution in [0.2, 0.25) is 0 Å². The normalized spacial score (nSPS) is 7.70. The quantitative estimate of drug-likeness (QED) is 0.363. The van der Waals surface area contributed by atoms with Crippen LogP contribution < -0.4 is 0 Å². The van der Waals surface area contributed by atoms with Crippen LogP contribution in [-0.4, -0.2) is 0 Å². The van der Waals surface area contributed by atoms with E-state index >= 15 is 0 Å². The maximum Gasteiger partial charge on any atom is -0.0175 e. The molecular weight excluding hydrogens is 276 g/mol. The third-order valence-electron chi connectivity index (χ3n) is 2.86. The molecule has 0 unspecified atom stereocenters. The number of fused-ring (bicyclic) bond motifs is 2. The van der Waals surface area contributed by atoms with Crippen LogP contribution in [-0.2, 0) is 0 Å². The molecule has 132 valence electrons. The van der Waals surface area contributed by atoms with Gasteiger partial charge in [-0.05, 0) is 40.6 Å². The third-order valence-corrected chi connectivity index (χ3v) is 2.86. The first-order chi connectivity index (χ1) is 9.33. The Balaban J connectivity index is -0.000000211. The van der Waals surface area contributed by atoms with Gasteiger partial charge >= 0.3 is 0 Å². The summed E-state index contributed by atoms with van der Waals surface area (Å²) in [4.78, 5) is 0. The average Bonchev–Trinajstić information content (AvgIpc) is 2.49. The van der Waals surface area contributed by atoms with E-state index in [1.807, 2.05) is 27.7 Å². The van der Waals surface area contributed by atoms with Crippen molar-refractivity contribution in [1.82, 2.24) is 0 Å². The molecular formula is C23H40. The SMILES string of the molecule is C.C.C.C.CC.CC.Cc1ccc2cc3ccccc3cc2c1. The van der Waals surface area contributed by atoms with E-state index < -0.39 is 0 Å². The summed E-state index contributed by atoms with van der Waals surface area (Å²) in [5.74, 6) is 0. The highest BCUT2D eigenvalue weighted by molar-refractivity contribution is 5.98. The molecule has 0 aliphatic rings. The fourth-order valence-corrected chi connectivity index (χ4v) is 2.06. The lowest BCUT2D eigenvalue weighted by Crippen LogP contribution is -1.77. The number of rotatable bonds is 0. The van der Waals surface area contributed by atoms with E-state index in [0.29, 0.717) is 0 Å². The molecule has 0 aliphatic carbocycles. The number of hydrogen-bond donors (Lipinski definition) is 0. The third kappa shape index (κ3) is 7.32. The van der Waals surface area contributed by atoms with Gasteiger partial charge in [0.25, 0.3) is 0 Å². The molecule has 0 nitrogen and oxygen atoms in total. The molecule has 0 spiro atoms. The van der Waals surface area contributed by atoms with Crippen LogP contribution in [0.3, 0.4) is 0 Å². The standard InChI is InChI=1S/C15H12.2C2H6.4CH4/c1-11-6-7-14-9-12-4-2-3-5-13(12)10-15(14)8-11;2*1-2;;;;/h2-10H,1H3;2*1-2H3;4*1H4. The Morgan fingerprint density at radius 3 is 1.35 bits per heavy atom. The summed E-state index contributed by atoms with van der Waals surface area (Å²) in [7, 11) is 0. The molecule has 0 heteroatoms. The van der Waals surface area contributed by atoms with E-state index in [4.69, 9.17) is 0 Å². The van der Waals surface area contributed by atoms with Gasteiger partial charge in [-0.1, -0.05) is 105 Å². The first-order valence-electron chi connectivity index (χ1n) is 7.22. The Hall–Kier alpha value is -1.82. The lowest BCUT2D eigenvalue weighted by Gasteiger charge is -2.02. The number of aryl methyl sites for hydroxylation is 1. The zero-order valence-corrected chi connectivity index (χ0v) is 12.7. The fraction of sp³-hybridized carbons (Fsp3) is 0.391. The van der Waals surface area contributed by atoms with Crippen molar-refractivity contribution in [3.05, 3.63) is 60.2 Å². The molecule has 3 rings (SSSR count). The van der Waals surface area contributed by atoms with Gasteiger partial charge < -0.3 is 0 Å². The topological polar surface area (TPSA) is 0 Å². The first-order valence-corrected chi connectivity index (χ1v) is 7.22. The van der Waals surface area contributed by atoms with E-state index in [0.717, 1.165) is 0 Å². The van der Waals surface area contributed by atoms with Crippen LogP contribution >= 0.6 is 0 Å². The van der Waals surface area contributed by atoms with Crippen LogP contribution in [0.5, 0.6) is 0 Å². The summed E-state index contributed by atoms with van der Waals surface area (Å²) < 4.78 is 0. The molecule has 0 saturated carbocycles. The van der Waals surface area contributed by atoms with Crippen LogP contribution in [0, 0.1) is 6.92 Å². The van der Waals surface area contributed by atoms with Gasteiger partial charge in [-0.15, -0.1) is 0 Å². The van der Waals surface area contributed by atoms with Gasteiger partial charge in [-0.3, -0.25) is 0 Å². The Morgan fingerprint density at radius 2 is 0.870 bits per heavy atom. The number of benzene rings is 3. The predicted octanol–water partition coefficient (Wildman–Crippen LogP) is 8.90. The Labute approximate surface area is 146 Å². The Morgan fingerprint density at radius 1 is 0.478 bits per heavy atom. The molecule has 0 amide bonds. The highest BCUT2D eigenvalue weighted by atomic mass is 14.0. The van der Waals surface area contributed by atoms with Crippen molar-refractivity contribution in [1.29, 1.82) is 0 Å². The highest BCUT2D eigenvalue weighted by Crippen LogP contribution is 2.23. The molecule has 0 heterocycles. The van der Waals surface area contributed by atoms with Crippen LogP contribution in [0.4, 0.5) is 0 Å². The summed E-state index contributed by atoms with van der Waals surface area (Å²) in [5, 5.41) is 5.28. The van der Waals surface area contributed by atoms with Gasteiger partial charge in [-0.25, -0.2) is 0 Å². The Bertz CT molecular complexity index is 636. The summed E-state index contributed by atoms with van der Waals surface area (Å²) in [6, 6.07) is 19.6. The Kier molecular flexibility index (Phi) is 19.2. The van der Waals surface area contributed by atoms with Crippen molar-refractivity contribution in [2.45, 2.75) is 64.3 Å². The molecule has 0 radical (unpaired) electrons. The second-order valence-corrected chi connectivity index (χ2v) is 4.05. The molecule has 0 aromatic heterocycles. The molecule has 23 heavy (non-hydrogen) atoms. The lowest BCUT2D eigenvalue weighted by atomic mass is 10.0. The molecule has 0 fully saturated rings. The minimum atomic E-state index is 0. The minimum Gasteiger partial charge on any atom is -0.0776 e. The second kappa shape index (κ2) is 15.1. The van der Waals surface area contributed by atoms with Gasteiger partial charge in [0.2, 0.25) is 0 Å². The first kappa shape index (κ1) is 29.2. The van der Waals surface area contributed by atoms with E-state index in [1.54, 1.807) is 0 Å². The largest absolute Gasteiger partial charge is 0.0776 e. The van der Waals surface area contributed by atoms with E-state index in [-0.39, 0.29) is 29.7 Å². The van der Waals surface area contributed by atoms with Crippen molar-refractivity contribution >= 4 is 21.5 Å². The van der Waals surface area contributed by atoms with Gasteiger partial charge in [0.15, 0.2) is 0 Å². The summed E-state index contributed by atoms with van der Waals surface area (Å²) in [6.07, 6.45) is 0. The molecule has 0 saturated heterocycles. The minimum absolute atomic E-state index is 0. The predicted molar refractivity (Wildman–Crippen MR) is 116 cm³/mol. The van der Waals surface area contributed by atoms with Gasteiger partial charge in [0, 0.05) is 0 Å². The van der Waals surface area contributed by atoms with Gasteiger partial charge in [-0.2, -0.15) is 0 Å². The maximum absolute atomic E-state index is 2.26. The van der Waals surface area contributed by atoms with Crippen molar-refractivity contribution in [3.63, 3.8) is 0 Å². The molecule has 3 aromatic rings. The van der Waals surface area contributed by atoms with Crippen LogP contribution in [0.15, 0.2) is 54.6 Å². The second-order valence-electron chi connectivity index (χ2n) is 4.05. The maximum atomic E-state index is 2.26. The van der Waals surface area contributed by atoms with Crippen molar-refractivity contribution in [2.75, 3.05) is 0 Å². The molecule has 0 aliphatic heterocycles. The van der Waals surface area contributed by atoms with Gasteiger partial charge in [0.1, 0.15) is 0 Å². The summed E-state index contributed by atoms with van der Waals surface area (Å²) in [6.45, 7) is 10.1. The fourth-order valence-electron chi connectivity index (χ4n) is 2.06. The van der Waals surface area contributed by atoms with Crippen molar-refractivity contribution in [3.8, 4) is 0 Å². The van der Waals surface area contributed by atoms with E-state index in [1.165, 1.54) is 27.1 Å². The molecule has 0 atom stereocenters. The molecule has 3 aromatic carbocycles. The average molecular weight is 317 g/mol. The summed E-state index contributed by atoms with van der Waals surface area (Å²) >= 11 is 0. The number of hydrogen-bond acceptors (Lipinski definition) is 0. The monoisotopic (exact) mass is 316 g/mol. The van der Waals surface area contributed by atoms with Crippen molar-refractivity contribution < 1.29 is 0 Å². The molecule has 0 bridgehead atoms. The lowest BCUT2D eigenvalue weighted by molar-refractivity contribution is 1.50. The zero-order chi connectivity index (χ0) is 14.3. The zero-order valence-electron chi connectivity index (χ0n) is 12.7. The smallest absolute Gasteiger partial charge is 0.0175 e. The molecule has 0 N–H and O–H groups in total. The van der Waals surface area contributed by atoms with Crippen molar-refractivity contribution in [2.24, 2.45) is 0 Å². The van der Waals surface area contributed by atoms with Crippen LogP contribution in [0.25, 0.3) is 21.5 Å². The van der Waals surface area contributed by atoms with E-state index in [9.17, 15) is 0 Å². The summed E-state index contributed by atoms with van der Waals surface area (Å²) in [5.41, 5.74) is 1.32. The van der Waals surface area contributed by atoms with Crippen LogP contribution in [0.1, 0.15) is 63.0 Å². The van der Waals surface area contributed by atoms with Gasteiger partial charge in [0.05, 0.1) is 0 Å².